The molecule has 0 aliphatic heterocycles. The molecule has 1 atom stereocenters. The van der Waals surface area contributed by atoms with Gasteiger partial charge in [-0.25, -0.2) is 0 Å². The van der Waals surface area contributed by atoms with E-state index in [2.05, 4.69) is 0 Å². The summed E-state index contributed by atoms with van der Waals surface area (Å²) in [5.41, 5.74) is 0. The smallest absolute Gasteiger partial charge is 0 e. The normalized spacial score (nSPS) is 0. The fourth-order valence-electron chi connectivity index (χ4n) is 0. The molecule has 0 bridgehead atoms. The standard InChI is InChI=1S/Cr.Cu.Mn.Ni.H3P.H2S.Si/h;;;;1H3;1H2;. The average molecular weight is 325 g/mol. The maximum atomic E-state index is 0. The summed E-state index contributed by atoms with van der Waals surface area (Å²) in [6.07, 6.45) is 0. The molecule has 0 heterocycles. The summed E-state index contributed by atoms with van der Waals surface area (Å²) in [5.74, 6) is 0. The molecule has 54 valence electrons. The van der Waals surface area contributed by atoms with E-state index in [9.17, 15) is 0 Å². The summed E-state index contributed by atoms with van der Waals surface area (Å²) < 4.78 is 0. The fourth-order valence-corrected chi connectivity index (χ4v) is 0. The maximum absolute atomic E-state index is 0. The topological polar surface area (TPSA) is 0 Å². The first-order valence-electron chi connectivity index (χ1n) is 0. The van der Waals surface area contributed by atoms with Gasteiger partial charge in [0.25, 0.3) is 0 Å². The van der Waals surface area contributed by atoms with Gasteiger partial charge in [0.15, 0.2) is 0 Å². The first-order valence-corrected chi connectivity index (χ1v) is 0. The zero-order valence-corrected chi connectivity index (χ0v) is 10.9. The van der Waals surface area contributed by atoms with E-state index < -0.39 is 0 Å². The zero-order valence-electron chi connectivity index (χ0n) is 3.11. The summed E-state index contributed by atoms with van der Waals surface area (Å²) in [6, 6.07) is 0. The SMILES string of the molecule is P.S.[Cr].[Cu].[Mn].[Ni].[Si]. The summed E-state index contributed by atoms with van der Waals surface area (Å²) in [6.45, 7) is 0. The van der Waals surface area contributed by atoms with Crippen molar-refractivity contribution >= 4 is 34.4 Å². The van der Waals surface area contributed by atoms with Crippen LogP contribution in [0.5, 0.6) is 0 Å². The van der Waals surface area contributed by atoms with Gasteiger partial charge in [-0.05, 0) is 0 Å². The molecule has 7 heteroatoms. The van der Waals surface area contributed by atoms with Crippen LogP contribution in [-0.2, 0) is 68.0 Å². The van der Waals surface area contributed by atoms with Crippen LogP contribution in [0.4, 0.5) is 0 Å². The third kappa shape index (κ3) is 48.2. The maximum Gasteiger partial charge on any atom is 0 e. The molecule has 0 aromatic rings. The molecular weight excluding hydrogens is 320 g/mol. The molecule has 0 aromatic carbocycles. The van der Waals surface area contributed by atoms with Crippen LogP contribution < -0.4 is 0 Å². The molecule has 1 unspecified atom stereocenters. The molecule has 0 fully saturated rings. The molecule has 0 amide bonds. The largest absolute Gasteiger partial charge is 0.197 e. The molecular formula is H5CrCuMnNiPSSi. The monoisotopic (exact) mass is 324 g/mol. The van der Waals surface area contributed by atoms with Gasteiger partial charge >= 0.3 is 0 Å². The van der Waals surface area contributed by atoms with E-state index in [1.165, 1.54) is 0 Å². The van der Waals surface area contributed by atoms with Crippen LogP contribution in [0.1, 0.15) is 0 Å². The molecule has 0 spiro atoms. The minimum Gasteiger partial charge on any atom is -0.197 e. The summed E-state index contributed by atoms with van der Waals surface area (Å²) >= 11 is 0. The predicted octanol–water partition coefficient (Wildman–Crippen LogP) is -0.220. The van der Waals surface area contributed by atoms with Crippen molar-refractivity contribution < 1.29 is 68.0 Å². The van der Waals surface area contributed by atoms with Crippen LogP contribution in [0, 0.1) is 0 Å². The Kier molecular flexibility index (Phi) is 791. The van der Waals surface area contributed by atoms with Crippen LogP contribution >= 0.6 is 23.4 Å². The second kappa shape index (κ2) is 62.8. The van der Waals surface area contributed by atoms with E-state index in [1.54, 1.807) is 0 Å². The molecule has 0 nitrogen and oxygen atoms in total. The van der Waals surface area contributed by atoms with E-state index >= 15 is 0 Å². The Labute approximate surface area is 101 Å². The zero-order chi connectivity index (χ0) is 0. The van der Waals surface area contributed by atoms with Gasteiger partial charge in [0.05, 0.1) is 0 Å². The Bertz CT molecular complexity index is 19.7. The number of rotatable bonds is 0. The number of hydrogen-bond donors (Lipinski definition) is 0. The van der Waals surface area contributed by atoms with Gasteiger partial charge in [-0.15, -0.1) is 0 Å². The van der Waals surface area contributed by atoms with E-state index in [4.69, 9.17) is 0 Å². The van der Waals surface area contributed by atoms with E-state index in [-0.39, 0.29) is 102 Å². The Morgan fingerprint density at radius 2 is 1.00 bits per heavy atom. The average Bonchev–Trinajstić information content (AvgIpc) is 0. The van der Waals surface area contributed by atoms with Crippen molar-refractivity contribution in [1.29, 1.82) is 0 Å². The summed E-state index contributed by atoms with van der Waals surface area (Å²) in [7, 11) is 0. The molecule has 0 saturated carbocycles. The van der Waals surface area contributed by atoms with Crippen LogP contribution in [0.3, 0.4) is 0 Å². The molecule has 0 aromatic heterocycles. The predicted molar refractivity (Wildman–Crippen MR) is 27.2 cm³/mol. The van der Waals surface area contributed by atoms with Gasteiger partial charge < -0.3 is 0 Å². The van der Waals surface area contributed by atoms with Crippen molar-refractivity contribution in [2.75, 3.05) is 0 Å². The van der Waals surface area contributed by atoms with E-state index in [0.29, 0.717) is 0 Å². The van der Waals surface area contributed by atoms with Gasteiger partial charge in [-0.3, -0.25) is 0 Å². The van der Waals surface area contributed by atoms with Crippen molar-refractivity contribution in [2.24, 2.45) is 0 Å². The van der Waals surface area contributed by atoms with Gasteiger partial charge in [0, 0.05) is 79.0 Å². The van der Waals surface area contributed by atoms with E-state index in [1.807, 2.05) is 0 Å². The molecule has 0 saturated heterocycles. The first-order chi connectivity index (χ1) is 0. The third-order valence-electron chi connectivity index (χ3n) is 0. The molecule has 0 aliphatic carbocycles. The van der Waals surface area contributed by atoms with Gasteiger partial charge in [0.2, 0.25) is 0 Å². The Balaban J connectivity index is 0. The summed E-state index contributed by atoms with van der Waals surface area (Å²) in [5, 5.41) is 0. The minimum absolute atomic E-state index is 0. The second-order valence-electron chi connectivity index (χ2n) is 0. The quantitative estimate of drug-likeness (QED) is 0.427. The van der Waals surface area contributed by atoms with Crippen molar-refractivity contribution in [2.45, 2.75) is 0 Å². The van der Waals surface area contributed by atoms with Crippen molar-refractivity contribution in [3.8, 4) is 0 Å². The Morgan fingerprint density at radius 1 is 1.00 bits per heavy atom. The molecule has 0 N–H and O–H groups in total. The second-order valence-corrected chi connectivity index (χ2v) is 0. The van der Waals surface area contributed by atoms with Gasteiger partial charge in [-0.2, -0.15) is 23.4 Å². The van der Waals surface area contributed by atoms with Gasteiger partial charge in [0.1, 0.15) is 0 Å². The van der Waals surface area contributed by atoms with Crippen molar-refractivity contribution in [3.63, 3.8) is 0 Å². The molecule has 0 aliphatic rings. The Morgan fingerprint density at radius 3 is 1.00 bits per heavy atom. The molecule has 0 rings (SSSR count). The van der Waals surface area contributed by atoms with Crippen molar-refractivity contribution in [3.05, 3.63) is 0 Å². The van der Waals surface area contributed by atoms with E-state index in [0.717, 1.165) is 0 Å². The van der Waals surface area contributed by atoms with Crippen LogP contribution in [0.2, 0.25) is 0 Å². The number of hydrogen-bond acceptors (Lipinski definition) is 0. The first kappa shape index (κ1) is 88.1. The Hall–Kier alpha value is 3.06. The van der Waals surface area contributed by atoms with Crippen LogP contribution in [0.25, 0.3) is 0 Å². The molecule has 7 heavy (non-hydrogen) atoms. The van der Waals surface area contributed by atoms with Crippen molar-refractivity contribution in [1.82, 2.24) is 0 Å². The fraction of sp³-hybridized carbons (Fsp3) is 0. The van der Waals surface area contributed by atoms with Crippen LogP contribution in [-0.4, -0.2) is 11.0 Å². The van der Waals surface area contributed by atoms with Gasteiger partial charge in [-0.1, -0.05) is 0 Å². The summed E-state index contributed by atoms with van der Waals surface area (Å²) in [4.78, 5) is 0. The van der Waals surface area contributed by atoms with Crippen LogP contribution in [0.15, 0.2) is 0 Å². The third-order valence-corrected chi connectivity index (χ3v) is 0. The molecule has 6 radical (unpaired) electrons. The minimum atomic E-state index is 0.